The molecule has 0 aliphatic carbocycles. The number of benzene rings is 1. The lowest BCUT2D eigenvalue weighted by Crippen LogP contribution is -2.35. The Labute approximate surface area is 130 Å². The topological polar surface area (TPSA) is 84.1 Å². The van der Waals surface area contributed by atoms with Crippen LogP contribution in [0.25, 0.3) is 0 Å². The van der Waals surface area contributed by atoms with Crippen LogP contribution in [0.3, 0.4) is 0 Å². The maximum Gasteiger partial charge on any atom is 0.273 e. The van der Waals surface area contributed by atoms with E-state index in [1.807, 2.05) is 6.07 Å². The Kier molecular flexibility index (Phi) is 5.30. The predicted molar refractivity (Wildman–Crippen MR) is 87.8 cm³/mol. The molecular weight excluding hydrogens is 278 g/mol. The molecular formula is C16H21N5O. The number of nitrogens with zero attached hydrogens (tertiary/aromatic N) is 3. The fourth-order valence-corrected chi connectivity index (χ4v) is 2.21. The Morgan fingerprint density at radius 1 is 1.32 bits per heavy atom. The molecule has 22 heavy (non-hydrogen) atoms. The highest BCUT2D eigenvalue weighted by Crippen LogP contribution is 2.15. The molecule has 0 spiro atoms. The van der Waals surface area contributed by atoms with Gasteiger partial charge in [-0.05, 0) is 31.5 Å². The number of aromatic nitrogens is 2. The van der Waals surface area contributed by atoms with Crippen molar-refractivity contribution in [1.29, 1.82) is 0 Å². The number of hydrogen-bond donors (Lipinski definition) is 2. The Morgan fingerprint density at radius 2 is 2.09 bits per heavy atom. The van der Waals surface area contributed by atoms with Crippen molar-refractivity contribution in [2.24, 2.45) is 0 Å². The molecule has 0 aliphatic rings. The number of likely N-dealkylation sites (N-methyl/N-ethyl adjacent to an activating group) is 1. The number of hydrogen-bond acceptors (Lipinski definition) is 5. The third kappa shape index (κ3) is 3.94. The van der Waals surface area contributed by atoms with Crippen LogP contribution in [0, 0.1) is 6.92 Å². The molecule has 0 saturated heterocycles. The molecule has 1 aromatic heterocycles. The van der Waals surface area contributed by atoms with Gasteiger partial charge in [0.05, 0.1) is 0 Å². The van der Waals surface area contributed by atoms with Crippen LogP contribution < -0.4 is 16.0 Å². The van der Waals surface area contributed by atoms with E-state index in [9.17, 15) is 4.79 Å². The van der Waals surface area contributed by atoms with E-state index in [0.29, 0.717) is 13.1 Å². The van der Waals surface area contributed by atoms with Crippen LogP contribution in [-0.2, 0) is 0 Å². The summed E-state index contributed by atoms with van der Waals surface area (Å²) in [6, 6.07) is 8.30. The molecule has 0 unspecified atom stereocenters. The number of amides is 1. The van der Waals surface area contributed by atoms with E-state index < -0.39 is 0 Å². The van der Waals surface area contributed by atoms with Crippen LogP contribution in [0.15, 0.2) is 36.7 Å². The molecule has 2 rings (SSSR count). The zero-order valence-electron chi connectivity index (χ0n) is 12.9. The number of nitrogens with two attached hydrogens (primary N) is 1. The highest BCUT2D eigenvalue weighted by Gasteiger charge is 2.12. The summed E-state index contributed by atoms with van der Waals surface area (Å²) in [6.07, 6.45) is 2.92. The van der Waals surface area contributed by atoms with Gasteiger partial charge in [0.1, 0.15) is 0 Å². The van der Waals surface area contributed by atoms with Gasteiger partial charge in [0.25, 0.3) is 5.91 Å². The summed E-state index contributed by atoms with van der Waals surface area (Å²) in [5.74, 6) is -0.156. The van der Waals surface area contributed by atoms with E-state index in [1.165, 1.54) is 18.0 Å². The van der Waals surface area contributed by atoms with E-state index >= 15 is 0 Å². The molecule has 3 N–H and O–H groups in total. The maximum atomic E-state index is 12.0. The third-order valence-electron chi connectivity index (χ3n) is 3.36. The summed E-state index contributed by atoms with van der Waals surface area (Å²) < 4.78 is 0. The lowest BCUT2D eigenvalue weighted by molar-refractivity contribution is 0.0950. The quantitative estimate of drug-likeness (QED) is 0.847. The zero-order chi connectivity index (χ0) is 15.9. The molecule has 0 bridgehead atoms. The van der Waals surface area contributed by atoms with E-state index in [0.717, 1.165) is 12.2 Å². The largest absolute Gasteiger partial charge is 0.382 e. The Hall–Kier alpha value is -2.63. The van der Waals surface area contributed by atoms with Crippen LogP contribution >= 0.6 is 0 Å². The minimum Gasteiger partial charge on any atom is -0.382 e. The molecule has 0 radical (unpaired) electrons. The first-order valence-electron chi connectivity index (χ1n) is 7.28. The van der Waals surface area contributed by atoms with E-state index in [4.69, 9.17) is 5.73 Å². The van der Waals surface area contributed by atoms with Crippen molar-refractivity contribution in [3.05, 3.63) is 47.9 Å². The van der Waals surface area contributed by atoms with Crippen molar-refractivity contribution in [2.45, 2.75) is 13.8 Å². The van der Waals surface area contributed by atoms with Gasteiger partial charge in [-0.15, -0.1) is 0 Å². The third-order valence-corrected chi connectivity index (χ3v) is 3.36. The van der Waals surface area contributed by atoms with Gasteiger partial charge in [0.2, 0.25) is 0 Å². The van der Waals surface area contributed by atoms with E-state index in [2.05, 4.69) is 52.2 Å². The number of carbonyl (C=O) groups excluding carboxylic acids is 1. The minimum atomic E-state index is -0.300. The van der Waals surface area contributed by atoms with Crippen LogP contribution in [0.1, 0.15) is 23.0 Å². The van der Waals surface area contributed by atoms with Crippen molar-refractivity contribution in [3.63, 3.8) is 0 Å². The van der Waals surface area contributed by atoms with Gasteiger partial charge < -0.3 is 16.0 Å². The van der Waals surface area contributed by atoms with Crippen LogP contribution in [-0.4, -0.2) is 35.5 Å². The molecule has 2 aromatic rings. The minimum absolute atomic E-state index is 0.144. The van der Waals surface area contributed by atoms with Crippen molar-refractivity contribution in [2.75, 3.05) is 30.3 Å². The lowest BCUT2D eigenvalue weighted by Gasteiger charge is -2.23. The van der Waals surface area contributed by atoms with E-state index in [1.54, 1.807) is 0 Å². The summed E-state index contributed by atoms with van der Waals surface area (Å²) in [4.78, 5) is 22.0. The number of nitrogens with one attached hydrogen (secondary N) is 1. The lowest BCUT2D eigenvalue weighted by atomic mass is 10.2. The van der Waals surface area contributed by atoms with Crippen LogP contribution in [0.4, 0.5) is 11.5 Å². The van der Waals surface area contributed by atoms with Gasteiger partial charge in [0.15, 0.2) is 11.5 Å². The second kappa shape index (κ2) is 7.40. The van der Waals surface area contributed by atoms with Gasteiger partial charge >= 0.3 is 0 Å². The van der Waals surface area contributed by atoms with Gasteiger partial charge in [-0.2, -0.15) is 0 Å². The van der Waals surface area contributed by atoms with Gasteiger partial charge in [-0.25, -0.2) is 9.97 Å². The number of rotatable bonds is 6. The summed E-state index contributed by atoms with van der Waals surface area (Å²) in [5, 5.41) is 2.83. The SMILES string of the molecule is CCN(CCNC(=O)c1nccnc1N)c1cccc(C)c1. The fraction of sp³-hybridized carbons (Fsp3) is 0.312. The molecule has 1 heterocycles. The van der Waals surface area contributed by atoms with Crippen molar-refractivity contribution < 1.29 is 4.79 Å². The van der Waals surface area contributed by atoms with Gasteiger partial charge in [0, 0.05) is 37.7 Å². The molecule has 0 saturated carbocycles. The van der Waals surface area contributed by atoms with E-state index in [-0.39, 0.29) is 17.4 Å². The summed E-state index contributed by atoms with van der Waals surface area (Å²) in [5.41, 5.74) is 8.17. The number of aryl methyl sites for hydroxylation is 1. The molecule has 0 fully saturated rings. The first kappa shape index (κ1) is 15.8. The average Bonchev–Trinajstić information content (AvgIpc) is 2.52. The van der Waals surface area contributed by atoms with Crippen LogP contribution in [0.5, 0.6) is 0 Å². The standard InChI is InChI=1S/C16H21N5O/c1-3-21(13-6-4-5-12(2)11-13)10-9-20-16(22)14-15(17)19-8-7-18-14/h4-8,11H,3,9-10H2,1-2H3,(H2,17,19)(H,20,22). The van der Waals surface area contributed by atoms with Crippen molar-refractivity contribution >= 4 is 17.4 Å². The molecule has 1 aromatic carbocycles. The summed E-state index contributed by atoms with van der Waals surface area (Å²) >= 11 is 0. The summed E-state index contributed by atoms with van der Waals surface area (Å²) in [6.45, 7) is 6.25. The Morgan fingerprint density at radius 3 is 2.77 bits per heavy atom. The highest BCUT2D eigenvalue weighted by molar-refractivity contribution is 5.96. The zero-order valence-corrected chi connectivity index (χ0v) is 12.9. The van der Waals surface area contributed by atoms with Crippen molar-refractivity contribution in [3.8, 4) is 0 Å². The van der Waals surface area contributed by atoms with Crippen molar-refractivity contribution in [1.82, 2.24) is 15.3 Å². The van der Waals surface area contributed by atoms with Gasteiger partial charge in [-0.3, -0.25) is 4.79 Å². The number of nitrogen functional groups attached to an aromatic ring is 1. The van der Waals surface area contributed by atoms with Gasteiger partial charge in [-0.1, -0.05) is 12.1 Å². The molecule has 116 valence electrons. The second-order valence-electron chi connectivity index (χ2n) is 4.96. The smallest absolute Gasteiger partial charge is 0.273 e. The highest BCUT2D eigenvalue weighted by atomic mass is 16.1. The predicted octanol–water partition coefficient (Wildman–Crippen LogP) is 1.62. The second-order valence-corrected chi connectivity index (χ2v) is 4.96. The van der Waals surface area contributed by atoms with Crippen LogP contribution in [0.2, 0.25) is 0 Å². The molecule has 0 aliphatic heterocycles. The molecule has 6 heteroatoms. The fourth-order valence-electron chi connectivity index (χ4n) is 2.21. The Balaban J connectivity index is 1.92. The average molecular weight is 299 g/mol. The number of carbonyl (C=O) groups is 1. The first-order valence-corrected chi connectivity index (χ1v) is 7.28. The normalized spacial score (nSPS) is 10.3. The Bertz CT molecular complexity index is 644. The molecule has 6 nitrogen and oxygen atoms in total. The molecule has 0 atom stereocenters. The maximum absolute atomic E-state index is 12.0. The monoisotopic (exact) mass is 299 g/mol. The summed E-state index contributed by atoms with van der Waals surface area (Å²) in [7, 11) is 0. The molecule has 1 amide bonds. The number of anilines is 2. The first-order chi connectivity index (χ1) is 10.6.